The number of carbonyl (C=O) groups is 1. The highest BCUT2D eigenvalue weighted by molar-refractivity contribution is 5.74. The number of urea groups is 1. The molecule has 0 spiro atoms. The molecule has 18 heavy (non-hydrogen) atoms. The van der Waals surface area contributed by atoms with Gasteiger partial charge in [-0.1, -0.05) is 26.2 Å². The summed E-state index contributed by atoms with van der Waals surface area (Å²) in [6.07, 6.45) is 7.86. The van der Waals surface area contributed by atoms with Gasteiger partial charge in [-0.3, -0.25) is 0 Å². The first-order chi connectivity index (χ1) is 8.67. The minimum absolute atomic E-state index is 0.0774. The second kappa shape index (κ2) is 8.35. The topological polar surface area (TPSA) is 61.4 Å². The van der Waals surface area contributed by atoms with Crippen molar-refractivity contribution in [3.05, 3.63) is 0 Å². The molecular weight excluding hydrogens is 228 g/mol. The number of nitrogens with one attached hydrogen (secondary N) is 2. The van der Waals surface area contributed by atoms with Crippen LogP contribution in [0.2, 0.25) is 0 Å². The highest BCUT2D eigenvalue weighted by atomic mass is 16.3. The monoisotopic (exact) mass is 256 g/mol. The molecular formula is C14H28N2O2. The van der Waals surface area contributed by atoms with Crippen LogP contribution in [0, 0.1) is 5.92 Å². The van der Waals surface area contributed by atoms with Crippen LogP contribution < -0.4 is 10.6 Å². The van der Waals surface area contributed by atoms with Gasteiger partial charge in [0.2, 0.25) is 0 Å². The van der Waals surface area contributed by atoms with Gasteiger partial charge in [-0.25, -0.2) is 4.79 Å². The van der Waals surface area contributed by atoms with Gasteiger partial charge in [0.05, 0.1) is 0 Å². The molecule has 2 unspecified atom stereocenters. The minimum atomic E-state index is -0.0895. The van der Waals surface area contributed by atoms with E-state index in [2.05, 4.69) is 17.6 Å². The van der Waals surface area contributed by atoms with E-state index < -0.39 is 0 Å². The molecule has 1 rings (SSSR count). The van der Waals surface area contributed by atoms with Crippen molar-refractivity contribution in [1.29, 1.82) is 0 Å². The average Bonchev–Trinajstić information content (AvgIpc) is 2.39. The number of hydrogen-bond donors (Lipinski definition) is 3. The predicted octanol–water partition coefficient (Wildman–Crippen LogP) is 2.42. The zero-order chi connectivity index (χ0) is 13.4. The second-order valence-corrected chi connectivity index (χ2v) is 5.42. The Kier molecular flexibility index (Phi) is 7.09. The number of aliphatic hydroxyl groups excluding tert-OH is 1. The Bertz CT molecular complexity index is 240. The predicted molar refractivity (Wildman–Crippen MR) is 73.5 cm³/mol. The lowest BCUT2D eigenvalue weighted by Crippen LogP contribution is -2.47. The molecule has 1 fully saturated rings. The summed E-state index contributed by atoms with van der Waals surface area (Å²) in [6, 6.07) is 0.235. The molecule has 0 heterocycles. The molecule has 1 aliphatic carbocycles. The Morgan fingerprint density at radius 1 is 1.28 bits per heavy atom. The third-order valence-electron chi connectivity index (χ3n) is 4.02. The fraction of sp³-hybridized carbons (Fsp3) is 0.929. The molecule has 2 amide bonds. The molecule has 0 aliphatic heterocycles. The first-order valence-corrected chi connectivity index (χ1v) is 7.35. The van der Waals surface area contributed by atoms with Gasteiger partial charge in [0.1, 0.15) is 0 Å². The van der Waals surface area contributed by atoms with Crippen molar-refractivity contribution in [2.75, 3.05) is 6.61 Å². The van der Waals surface area contributed by atoms with Crippen LogP contribution in [0.4, 0.5) is 4.79 Å². The molecule has 2 atom stereocenters. The van der Waals surface area contributed by atoms with Gasteiger partial charge in [0.25, 0.3) is 0 Å². The molecule has 4 nitrogen and oxygen atoms in total. The minimum Gasteiger partial charge on any atom is -0.396 e. The Labute approximate surface area is 111 Å². The van der Waals surface area contributed by atoms with Crippen LogP contribution in [-0.2, 0) is 0 Å². The quantitative estimate of drug-likeness (QED) is 0.683. The molecule has 0 aromatic rings. The molecule has 1 aliphatic rings. The zero-order valence-corrected chi connectivity index (χ0v) is 11.7. The van der Waals surface area contributed by atoms with Crippen LogP contribution in [-0.4, -0.2) is 29.8 Å². The molecule has 0 bridgehead atoms. The van der Waals surface area contributed by atoms with E-state index in [1.165, 1.54) is 32.1 Å². The molecule has 106 valence electrons. The van der Waals surface area contributed by atoms with Crippen molar-refractivity contribution in [2.24, 2.45) is 5.92 Å². The van der Waals surface area contributed by atoms with E-state index in [0.29, 0.717) is 12.3 Å². The number of hydrogen-bond acceptors (Lipinski definition) is 2. The van der Waals surface area contributed by atoms with E-state index in [1.54, 1.807) is 0 Å². The molecule has 0 aromatic heterocycles. The lowest BCUT2D eigenvalue weighted by molar-refractivity contribution is 0.215. The Morgan fingerprint density at radius 3 is 2.50 bits per heavy atom. The smallest absolute Gasteiger partial charge is 0.315 e. The van der Waals surface area contributed by atoms with Crippen LogP contribution in [0.25, 0.3) is 0 Å². The summed E-state index contributed by atoms with van der Waals surface area (Å²) < 4.78 is 0. The highest BCUT2D eigenvalue weighted by Crippen LogP contribution is 2.26. The lowest BCUT2D eigenvalue weighted by Gasteiger charge is -2.29. The number of rotatable bonds is 6. The fourth-order valence-corrected chi connectivity index (χ4v) is 2.72. The van der Waals surface area contributed by atoms with Crippen molar-refractivity contribution >= 4 is 6.03 Å². The normalized spacial score (nSPS) is 20.2. The Balaban J connectivity index is 2.29. The van der Waals surface area contributed by atoms with E-state index in [9.17, 15) is 4.79 Å². The van der Waals surface area contributed by atoms with Gasteiger partial charge in [0, 0.05) is 18.7 Å². The van der Waals surface area contributed by atoms with Crippen LogP contribution in [0.5, 0.6) is 0 Å². The molecule has 1 saturated carbocycles. The van der Waals surface area contributed by atoms with E-state index in [1.807, 2.05) is 6.92 Å². The van der Waals surface area contributed by atoms with Crippen molar-refractivity contribution in [2.45, 2.75) is 70.9 Å². The lowest BCUT2D eigenvalue weighted by atomic mass is 9.85. The van der Waals surface area contributed by atoms with Gasteiger partial charge < -0.3 is 15.7 Å². The first-order valence-electron chi connectivity index (χ1n) is 7.35. The molecule has 0 saturated heterocycles. The maximum atomic E-state index is 11.8. The zero-order valence-electron chi connectivity index (χ0n) is 11.7. The summed E-state index contributed by atoms with van der Waals surface area (Å²) >= 11 is 0. The summed E-state index contributed by atoms with van der Waals surface area (Å²) in [5, 5.41) is 14.9. The third-order valence-corrected chi connectivity index (χ3v) is 4.02. The average molecular weight is 256 g/mol. The number of carbonyl (C=O) groups excluding carboxylic acids is 1. The van der Waals surface area contributed by atoms with Gasteiger partial charge in [0.15, 0.2) is 0 Å². The Morgan fingerprint density at radius 2 is 1.94 bits per heavy atom. The summed E-state index contributed by atoms with van der Waals surface area (Å²) in [4.78, 5) is 11.8. The number of aliphatic hydroxyl groups is 1. The standard InChI is InChI=1S/C14H28N2O2/c1-3-13(9-10-17)16-14(18)15-11(2)12-7-5-4-6-8-12/h11-13,17H,3-10H2,1-2H3,(H2,15,16,18). The van der Waals surface area contributed by atoms with Crippen molar-refractivity contribution < 1.29 is 9.90 Å². The Hall–Kier alpha value is -0.770. The van der Waals surface area contributed by atoms with Crippen LogP contribution in [0.1, 0.15) is 58.8 Å². The second-order valence-electron chi connectivity index (χ2n) is 5.42. The van der Waals surface area contributed by atoms with E-state index in [-0.39, 0.29) is 24.7 Å². The summed E-state index contributed by atoms with van der Waals surface area (Å²) in [6.45, 7) is 4.24. The molecule has 3 N–H and O–H groups in total. The highest BCUT2D eigenvalue weighted by Gasteiger charge is 2.21. The SMILES string of the molecule is CCC(CCO)NC(=O)NC(C)C1CCCCC1. The first kappa shape index (κ1) is 15.3. The van der Waals surface area contributed by atoms with Crippen LogP contribution in [0.15, 0.2) is 0 Å². The van der Waals surface area contributed by atoms with E-state index in [4.69, 9.17) is 5.11 Å². The molecule has 0 radical (unpaired) electrons. The van der Waals surface area contributed by atoms with Crippen LogP contribution in [0.3, 0.4) is 0 Å². The van der Waals surface area contributed by atoms with Gasteiger partial charge in [-0.2, -0.15) is 0 Å². The van der Waals surface area contributed by atoms with E-state index in [0.717, 1.165) is 6.42 Å². The third kappa shape index (κ3) is 5.25. The number of amides is 2. The van der Waals surface area contributed by atoms with Gasteiger partial charge in [-0.15, -0.1) is 0 Å². The summed E-state index contributed by atoms with van der Waals surface area (Å²) in [5.41, 5.74) is 0. The summed E-state index contributed by atoms with van der Waals surface area (Å²) in [7, 11) is 0. The van der Waals surface area contributed by atoms with Gasteiger partial charge in [-0.05, 0) is 38.5 Å². The summed E-state index contributed by atoms with van der Waals surface area (Å²) in [5.74, 6) is 0.627. The van der Waals surface area contributed by atoms with E-state index >= 15 is 0 Å². The maximum absolute atomic E-state index is 11.8. The maximum Gasteiger partial charge on any atom is 0.315 e. The van der Waals surface area contributed by atoms with Crippen molar-refractivity contribution in [1.82, 2.24) is 10.6 Å². The fourth-order valence-electron chi connectivity index (χ4n) is 2.72. The van der Waals surface area contributed by atoms with Crippen molar-refractivity contribution in [3.63, 3.8) is 0 Å². The van der Waals surface area contributed by atoms with Gasteiger partial charge >= 0.3 is 6.03 Å². The van der Waals surface area contributed by atoms with Crippen molar-refractivity contribution in [3.8, 4) is 0 Å². The molecule has 0 aromatic carbocycles. The molecule has 4 heteroatoms. The largest absolute Gasteiger partial charge is 0.396 e. The van der Waals surface area contributed by atoms with Crippen LogP contribution >= 0.6 is 0 Å².